The quantitative estimate of drug-likeness (QED) is 0.861. The van der Waals surface area contributed by atoms with E-state index in [4.69, 9.17) is 22.6 Å². The van der Waals surface area contributed by atoms with E-state index in [-0.39, 0.29) is 34.0 Å². The first-order valence-electron chi connectivity index (χ1n) is 5.74. The molecule has 7 heteroatoms. The van der Waals surface area contributed by atoms with Crippen molar-refractivity contribution in [3.05, 3.63) is 28.8 Å². The van der Waals surface area contributed by atoms with Crippen LogP contribution in [0, 0.1) is 17.2 Å². The molecule has 0 aliphatic rings. The van der Waals surface area contributed by atoms with Crippen LogP contribution in [0.1, 0.15) is 19.4 Å². The van der Waals surface area contributed by atoms with Gasteiger partial charge in [-0.1, -0.05) is 25.4 Å². The Balaban J connectivity index is 3.17. The molecule has 0 aromatic heterocycles. The average Bonchev–Trinajstić information content (AvgIpc) is 2.36. The molecule has 0 heterocycles. The fourth-order valence-electron chi connectivity index (χ4n) is 1.50. The summed E-state index contributed by atoms with van der Waals surface area (Å²) < 4.78 is 27.0. The first kappa shape index (κ1) is 15.9. The molecule has 1 rings (SSSR count). The second-order valence-electron chi connectivity index (χ2n) is 4.46. The molecule has 1 aromatic carbocycles. The van der Waals surface area contributed by atoms with E-state index in [0.29, 0.717) is 0 Å². The van der Waals surface area contributed by atoms with E-state index in [1.54, 1.807) is 0 Å². The highest BCUT2D eigenvalue weighted by molar-refractivity contribution is 7.89. The fraction of sp³-hybridized carbons (Fsp3) is 0.417. The summed E-state index contributed by atoms with van der Waals surface area (Å²) in [4.78, 5) is -0.104. The van der Waals surface area contributed by atoms with Crippen molar-refractivity contribution in [3.8, 4) is 6.07 Å². The maximum Gasteiger partial charge on any atom is 0.242 e. The molecule has 0 amide bonds. The molecule has 1 unspecified atom stereocenters. The van der Waals surface area contributed by atoms with E-state index < -0.39 is 10.0 Å². The maximum atomic E-state index is 12.2. The predicted octanol–water partition coefficient (Wildman–Crippen LogP) is 1.47. The van der Waals surface area contributed by atoms with Crippen LogP contribution in [0.5, 0.6) is 0 Å². The van der Waals surface area contributed by atoms with Crippen molar-refractivity contribution >= 4 is 21.6 Å². The van der Waals surface area contributed by atoms with Crippen molar-refractivity contribution in [2.75, 3.05) is 6.54 Å². The van der Waals surface area contributed by atoms with E-state index in [9.17, 15) is 8.42 Å². The van der Waals surface area contributed by atoms with Gasteiger partial charge < -0.3 is 5.73 Å². The molecule has 0 saturated carbocycles. The summed E-state index contributed by atoms with van der Waals surface area (Å²) in [6, 6.07) is 5.60. The standard InChI is InChI=1S/C12H16ClN3O2S/c1-8(2)11(7-15)16-19(17,18)12-5-9(6-14)3-4-10(12)13/h3-5,8,11,16H,7,15H2,1-2H3. The molecule has 104 valence electrons. The van der Waals surface area contributed by atoms with Gasteiger partial charge in [-0.3, -0.25) is 0 Å². The van der Waals surface area contributed by atoms with Crippen LogP contribution in [-0.4, -0.2) is 21.0 Å². The molecule has 0 aliphatic heterocycles. The zero-order chi connectivity index (χ0) is 14.6. The third kappa shape index (κ3) is 3.91. The molecule has 0 aliphatic carbocycles. The van der Waals surface area contributed by atoms with Gasteiger partial charge in [0.25, 0.3) is 0 Å². The molecule has 0 fully saturated rings. The number of hydrogen-bond acceptors (Lipinski definition) is 4. The third-order valence-corrected chi connectivity index (χ3v) is 4.69. The van der Waals surface area contributed by atoms with Crippen molar-refractivity contribution in [1.82, 2.24) is 4.72 Å². The van der Waals surface area contributed by atoms with E-state index in [1.165, 1.54) is 18.2 Å². The minimum absolute atomic E-state index is 0.0534. The van der Waals surface area contributed by atoms with Gasteiger partial charge in [0.2, 0.25) is 10.0 Å². The van der Waals surface area contributed by atoms with E-state index >= 15 is 0 Å². The number of hydrogen-bond donors (Lipinski definition) is 2. The molecule has 1 aromatic rings. The summed E-state index contributed by atoms with van der Waals surface area (Å²) in [6.45, 7) is 3.92. The molecule has 3 N–H and O–H groups in total. The number of nitrogens with one attached hydrogen (secondary N) is 1. The van der Waals surface area contributed by atoms with Crippen molar-refractivity contribution in [3.63, 3.8) is 0 Å². The largest absolute Gasteiger partial charge is 0.329 e. The Morgan fingerprint density at radius 3 is 2.58 bits per heavy atom. The van der Waals surface area contributed by atoms with Crippen LogP contribution in [0.2, 0.25) is 5.02 Å². The minimum atomic E-state index is -3.79. The fourth-order valence-corrected chi connectivity index (χ4v) is 3.42. The normalized spacial score (nSPS) is 13.3. The highest BCUT2D eigenvalue weighted by Gasteiger charge is 2.23. The van der Waals surface area contributed by atoms with Crippen LogP contribution >= 0.6 is 11.6 Å². The van der Waals surface area contributed by atoms with Gasteiger partial charge >= 0.3 is 0 Å². The van der Waals surface area contributed by atoms with Crippen LogP contribution in [0.15, 0.2) is 23.1 Å². The van der Waals surface area contributed by atoms with Crippen LogP contribution in [-0.2, 0) is 10.0 Å². The Labute approximate surface area is 118 Å². The lowest BCUT2D eigenvalue weighted by molar-refractivity contribution is 0.455. The summed E-state index contributed by atoms with van der Waals surface area (Å²) in [5, 5.41) is 8.88. The Morgan fingerprint density at radius 2 is 2.11 bits per heavy atom. The van der Waals surface area contributed by atoms with Crippen LogP contribution in [0.25, 0.3) is 0 Å². The van der Waals surface area contributed by atoms with Gasteiger partial charge in [-0.2, -0.15) is 5.26 Å². The summed E-state index contributed by atoms with van der Waals surface area (Å²) in [6.07, 6.45) is 0. The molecular weight excluding hydrogens is 286 g/mol. The third-order valence-electron chi connectivity index (χ3n) is 2.72. The van der Waals surface area contributed by atoms with Crippen molar-refractivity contribution < 1.29 is 8.42 Å². The topological polar surface area (TPSA) is 96.0 Å². The summed E-state index contributed by atoms with van der Waals surface area (Å²) >= 11 is 5.88. The zero-order valence-corrected chi connectivity index (χ0v) is 12.3. The summed E-state index contributed by atoms with van der Waals surface area (Å²) in [7, 11) is -3.79. The van der Waals surface area contributed by atoms with Crippen LogP contribution < -0.4 is 10.5 Å². The molecule has 0 radical (unpaired) electrons. The van der Waals surface area contributed by atoms with Gasteiger partial charge in [0, 0.05) is 12.6 Å². The molecular formula is C12H16ClN3O2S. The number of benzene rings is 1. The van der Waals surface area contributed by atoms with Crippen LogP contribution in [0.4, 0.5) is 0 Å². The first-order valence-corrected chi connectivity index (χ1v) is 7.60. The van der Waals surface area contributed by atoms with Gasteiger partial charge in [0.1, 0.15) is 4.90 Å². The number of nitriles is 1. The SMILES string of the molecule is CC(C)C(CN)NS(=O)(=O)c1cc(C#N)ccc1Cl. The lowest BCUT2D eigenvalue weighted by Gasteiger charge is -2.20. The predicted molar refractivity (Wildman–Crippen MR) is 74.2 cm³/mol. The van der Waals surface area contributed by atoms with E-state index in [1.807, 2.05) is 19.9 Å². The van der Waals surface area contributed by atoms with E-state index in [2.05, 4.69) is 4.72 Å². The van der Waals surface area contributed by atoms with Crippen molar-refractivity contribution in [1.29, 1.82) is 5.26 Å². The molecule has 5 nitrogen and oxygen atoms in total. The van der Waals surface area contributed by atoms with Crippen molar-refractivity contribution in [2.45, 2.75) is 24.8 Å². The molecule has 0 spiro atoms. The number of sulfonamides is 1. The van der Waals surface area contributed by atoms with Crippen LogP contribution in [0.3, 0.4) is 0 Å². The molecule has 19 heavy (non-hydrogen) atoms. The van der Waals surface area contributed by atoms with Gasteiger partial charge in [-0.15, -0.1) is 0 Å². The Hall–Kier alpha value is -1.13. The number of halogens is 1. The lowest BCUT2D eigenvalue weighted by atomic mass is 10.1. The monoisotopic (exact) mass is 301 g/mol. The smallest absolute Gasteiger partial charge is 0.242 e. The highest BCUT2D eigenvalue weighted by Crippen LogP contribution is 2.23. The van der Waals surface area contributed by atoms with Crippen molar-refractivity contribution in [2.24, 2.45) is 11.7 Å². The molecule has 1 atom stereocenters. The summed E-state index contributed by atoms with van der Waals surface area (Å²) in [5.41, 5.74) is 5.78. The Kier molecular flexibility index (Phi) is 5.32. The molecule has 0 bridgehead atoms. The molecule has 0 saturated heterocycles. The number of nitrogens with zero attached hydrogens (tertiary/aromatic N) is 1. The van der Waals surface area contributed by atoms with Gasteiger partial charge in [0.15, 0.2) is 0 Å². The Bertz CT molecular complexity index is 593. The second kappa shape index (κ2) is 6.35. The zero-order valence-electron chi connectivity index (χ0n) is 10.7. The first-order chi connectivity index (χ1) is 8.81. The van der Waals surface area contributed by atoms with Gasteiger partial charge in [-0.25, -0.2) is 13.1 Å². The highest BCUT2D eigenvalue weighted by atomic mass is 35.5. The number of rotatable bonds is 5. The number of nitrogens with two attached hydrogens (primary N) is 1. The maximum absolute atomic E-state index is 12.2. The second-order valence-corrected chi connectivity index (χ2v) is 6.55. The van der Waals surface area contributed by atoms with E-state index in [0.717, 1.165) is 0 Å². The average molecular weight is 302 g/mol. The van der Waals surface area contributed by atoms with Gasteiger partial charge in [-0.05, 0) is 24.1 Å². The Morgan fingerprint density at radius 1 is 1.47 bits per heavy atom. The lowest BCUT2D eigenvalue weighted by Crippen LogP contribution is -2.43. The summed E-state index contributed by atoms with van der Waals surface area (Å²) in [5.74, 6) is 0.0534. The van der Waals surface area contributed by atoms with Gasteiger partial charge in [0.05, 0.1) is 16.7 Å². The minimum Gasteiger partial charge on any atom is -0.329 e.